The van der Waals surface area contributed by atoms with Gasteiger partial charge in [-0.15, -0.1) is 5.10 Å². The van der Waals surface area contributed by atoms with E-state index in [0.717, 1.165) is 32.6 Å². The molecule has 0 aliphatic rings. The summed E-state index contributed by atoms with van der Waals surface area (Å²) in [7, 11) is 0. The Hall–Kier alpha value is -2.80. The predicted octanol–water partition coefficient (Wildman–Crippen LogP) is 4.15. The third kappa shape index (κ3) is 3.23. The molecule has 2 aromatic carbocycles. The molecule has 1 atom stereocenters. The van der Waals surface area contributed by atoms with E-state index in [1.165, 1.54) is 0 Å². The van der Waals surface area contributed by atoms with Crippen molar-refractivity contribution < 1.29 is 0 Å². The highest BCUT2D eigenvalue weighted by molar-refractivity contribution is 9.10. The van der Waals surface area contributed by atoms with E-state index >= 15 is 0 Å². The third-order valence-corrected chi connectivity index (χ3v) is 4.42. The zero-order valence-electron chi connectivity index (χ0n) is 13.5. The molecule has 2 aromatic heterocycles. The van der Waals surface area contributed by atoms with Crippen LogP contribution in [0.2, 0.25) is 0 Å². The number of hydrogen-bond donors (Lipinski definition) is 1. The van der Waals surface area contributed by atoms with Crippen molar-refractivity contribution in [3.63, 3.8) is 0 Å². The number of anilines is 1. The molecule has 4 rings (SSSR count). The minimum atomic E-state index is -0.0467. The van der Waals surface area contributed by atoms with Crippen LogP contribution in [0.1, 0.15) is 18.7 Å². The van der Waals surface area contributed by atoms with Gasteiger partial charge >= 0.3 is 0 Å². The van der Waals surface area contributed by atoms with Crippen LogP contribution in [0.3, 0.4) is 0 Å². The van der Waals surface area contributed by atoms with Crippen molar-refractivity contribution in [2.45, 2.75) is 13.0 Å². The van der Waals surface area contributed by atoms with Gasteiger partial charge in [-0.1, -0.05) is 39.3 Å². The molecule has 0 spiro atoms. The van der Waals surface area contributed by atoms with E-state index in [0.29, 0.717) is 0 Å². The van der Waals surface area contributed by atoms with Gasteiger partial charge in [0.15, 0.2) is 0 Å². The lowest BCUT2D eigenvalue weighted by molar-refractivity contribution is 0.780. The first-order valence-corrected chi connectivity index (χ1v) is 8.64. The van der Waals surface area contributed by atoms with Crippen LogP contribution in [-0.2, 0) is 0 Å². The molecule has 2 heterocycles. The van der Waals surface area contributed by atoms with E-state index in [2.05, 4.69) is 41.5 Å². The number of hydrogen-bond acceptors (Lipinski definition) is 5. The van der Waals surface area contributed by atoms with E-state index in [1.807, 2.05) is 61.7 Å². The molecule has 0 bridgehead atoms. The predicted molar refractivity (Wildman–Crippen MR) is 101 cm³/mol. The Kier molecular flexibility index (Phi) is 4.15. The van der Waals surface area contributed by atoms with E-state index in [-0.39, 0.29) is 6.04 Å². The molecule has 0 saturated heterocycles. The average molecular weight is 395 g/mol. The zero-order chi connectivity index (χ0) is 17.2. The van der Waals surface area contributed by atoms with Gasteiger partial charge in [-0.25, -0.2) is 14.6 Å². The first-order valence-electron chi connectivity index (χ1n) is 7.85. The summed E-state index contributed by atoms with van der Waals surface area (Å²) in [6, 6.07) is 15.8. The summed E-state index contributed by atoms with van der Waals surface area (Å²) in [6.45, 7) is 2.03. The molecular formula is C18H15BrN6. The highest BCUT2D eigenvalue weighted by Crippen LogP contribution is 2.26. The van der Waals surface area contributed by atoms with Gasteiger partial charge in [-0.3, -0.25) is 0 Å². The maximum atomic E-state index is 4.38. The largest absolute Gasteiger partial charge is 0.361 e. The Labute approximate surface area is 153 Å². The van der Waals surface area contributed by atoms with Gasteiger partial charge in [0.25, 0.3) is 0 Å². The van der Waals surface area contributed by atoms with Gasteiger partial charge in [0, 0.05) is 9.86 Å². The summed E-state index contributed by atoms with van der Waals surface area (Å²) < 4.78 is 2.75. The molecule has 1 N–H and O–H groups in total. The van der Waals surface area contributed by atoms with Gasteiger partial charge in [-0.2, -0.15) is 0 Å². The molecule has 6 nitrogen and oxygen atoms in total. The molecule has 4 aromatic rings. The van der Waals surface area contributed by atoms with Crippen LogP contribution in [0.4, 0.5) is 5.82 Å². The van der Waals surface area contributed by atoms with Crippen molar-refractivity contribution in [2.24, 2.45) is 0 Å². The smallest absolute Gasteiger partial charge is 0.137 e. The molecule has 0 amide bonds. The Balaban J connectivity index is 1.62. The zero-order valence-corrected chi connectivity index (χ0v) is 15.1. The van der Waals surface area contributed by atoms with E-state index in [4.69, 9.17) is 0 Å². The normalized spacial score (nSPS) is 12.2. The fourth-order valence-electron chi connectivity index (χ4n) is 2.60. The molecule has 7 heteroatoms. The standard InChI is InChI=1S/C18H15BrN6/c1-12(17-10-25(24-23-17)14-5-3-2-4-6-14)22-18-15-9-13(19)7-8-16(15)20-11-21-18/h2-12H,1H3,(H,20,21,22). The molecule has 0 saturated carbocycles. The third-order valence-electron chi connectivity index (χ3n) is 3.93. The van der Waals surface area contributed by atoms with Crippen LogP contribution in [0.15, 0.2) is 65.5 Å². The quantitative estimate of drug-likeness (QED) is 0.562. The number of aromatic nitrogens is 5. The summed E-state index contributed by atoms with van der Waals surface area (Å²) in [5.41, 5.74) is 2.70. The van der Waals surface area contributed by atoms with Crippen molar-refractivity contribution in [2.75, 3.05) is 5.32 Å². The molecular weight excluding hydrogens is 380 g/mol. The summed E-state index contributed by atoms with van der Waals surface area (Å²) in [5, 5.41) is 12.9. The monoisotopic (exact) mass is 394 g/mol. The van der Waals surface area contributed by atoms with Gasteiger partial charge < -0.3 is 5.32 Å². The number of rotatable bonds is 4. The Bertz CT molecular complexity index is 1010. The minimum Gasteiger partial charge on any atom is -0.361 e. The van der Waals surface area contributed by atoms with Crippen LogP contribution in [0, 0.1) is 0 Å². The average Bonchev–Trinajstić information content (AvgIpc) is 3.13. The maximum absolute atomic E-state index is 4.38. The first-order chi connectivity index (χ1) is 12.2. The fraction of sp³-hybridized carbons (Fsp3) is 0.111. The van der Waals surface area contributed by atoms with Crippen LogP contribution in [-0.4, -0.2) is 25.0 Å². The second-order valence-electron chi connectivity index (χ2n) is 5.67. The van der Waals surface area contributed by atoms with Gasteiger partial charge in [-0.05, 0) is 37.3 Å². The van der Waals surface area contributed by atoms with Crippen molar-refractivity contribution >= 4 is 32.7 Å². The Morgan fingerprint density at radius 1 is 1.08 bits per heavy atom. The van der Waals surface area contributed by atoms with Gasteiger partial charge in [0.1, 0.15) is 17.8 Å². The fourth-order valence-corrected chi connectivity index (χ4v) is 2.97. The molecule has 0 aliphatic carbocycles. The number of para-hydroxylation sites is 1. The van der Waals surface area contributed by atoms with Gasteiger partial charge in [0.05, 0.1) is 23.4 Å². The van der Waals surface area contributed by atoms with Crippen LogP contribution in [0.25, 0.3) is 16.6 Å². The molecule has 0 radical (unpaired) electrons. The topological polar surface area (TPSA) is 68.5 Å². The lowest BCUT2D eigenvalue weighted by Crippen LogP contribution is -2.09. The second-order valence-corrected chi connectivity index (χ2v) is 6.59. The summed E-state index contributed by atoms with van der Waals surface area (Å²) in [6.07, 6.45) is 3.48. The summed E-state index contributed by atoms with van der Waals surface area (Å²) in [5.74, 6) is 0.771. The SMILES string of the molecule is CC(Nc1ncnc2ccc(Br)cc12)c1cn(-c2ccccc2)nn1. The number of fused-ring (bicyclic) bond motifs is 1. The number of benzene rings is 2. The maximum Gasteiger partial charge on any atom is 0.137 e. The molecule has 1 unspecified atom stereocenters. The lowest BCUT2D eigenvalue weighted by atomic mass is 10.2. The van der Waals surface area contributed by atoms with E-state index < -0.39 is 0 Å². The molecule has 25 heavy (non-hydrogen) atoms. The van der Waals surface area contributed by atoms with Crippen LogP contribution < -0.4 is 5.32 Å². The summed E-state index contributed by atoms with van der Waals surface area (Å²) in [4.78, 5) is 8.68. The van der Waals surface area contributed by atoms with Gasteiger partial charge in [0.2, 0.25) is 0 Å². The van der Waals surface area contributed by atoms with Crippen molar-refractivity contribution in [1.82, 2.24) is 25.0 Å². The van der Waals surface area contributed by atoms with Crippen molar-refractivity contribution in [1.29, 1.82) is 0 Å². The Morgan fingerprint density at radius 3 is 2.76 bits per heavy atom. The highest BCUT2D eigenvalue weighted by atomic mass is 79.9. The highest BCUT2D eigenvalue weighted by Gasteiger charge is 2.13. The number of halogens is 1. The minimum absolute atomic E-state index is 0.0467. The molecule has 0 fully saturated rings. The number of nitrogens with zero attached hydrogens (tertiary/aromatic N) is 5. The second kappa shape index (κ2) is 6.60. The van der Waals surface area contributed by atoms with Crippen LogP contribution >= 0.6 is 15.9 Å². The molecule has 0 aliphatic heterocycles. The van der Waals surface area contributed by atoms with E-state index in [1.54, 1.807) is 11.0 Å². The van der Waals surface area contributed by atoms with E-state index in [9.17, 15) is 0 Å². The van der Waals surface area contributed by atoms with Crippen molar-refractivity contribution in [3.05, 3.63) is 71.2 Å². The lowest BCUT2D eigenvalue weighted by Gasteiger charge is -2.13. The Morgan fingerprint density at radius 2 is 1.92 bits per heavy atom. The summed E-state index contributed by atoms with van der Waals surface area (Å²) >= 11 is 3.50. The van der Waals surface area contributed by atoms with Crippen LogP contribution in [0.5, 0.6) is 0 Å². The van der Waals surface area contributed by atoms with Crippen molar-refractivity contribution in [3.8, 4) is 5.69 Å². The molecule has 124 valence electrons. The number of nitrogens with one attached hydrogen (secondary N) is 1. The first kappa shape index (κ1) is 15.7.